The van der Waals surface area contributed by atoms with Crippen molar-refractivity contribution in [3.63, 3.8) is 0 Å². The number of rotatable bonds is 6. The van der Waals surface area contributed by atoms with Gasteiger partial charge in [-0.15, -0.1) is 0 Å². The van der Waals surface area contributed by atoms with E-state index in [-0.39, 0.29) is 29.9 Å². The van der Waals surface area contributed by atoms with Gasteiger partial charge in [-0.05, 0) is 49.6 Å². The third-order valence-electron chi connectivity index (χ3n) is 5.36. The average Bonchev–Trinajstić information content (AvgIpc) is 3.33. The molecule has 1 aromatic heterocycles. The summed E-state index contributed by atoms with van der Waals surface area (Å²) < 4.78 is 38.4. The van der Waals surface area contributed by atoms with Crippen LogP contribution < -0.4 is 10.6 Å². The Morgan fingerprint density at radius 1 is 1.19 bits per heavy atom. The van der Waals surface area contributed by atoms with Crippen LogP contribution >= 0.6 is 0 Å². The lowest BCUT2D eigenvalue weighted by Gasteiger charge is -2.15. The van der Waals surface area contributed by atoms with Crippen molar-refractivity contribution in [1.82, 2.24) is 15.3 Å². The molecule has 2 aromatic carbocycles. The zero-order valence-electron chi connectivity index (χ0n) is 16.7. The molecular weight excluding hydrogens is 409 g/mol. The fourth-order valence-electron chi connectivity index (χ4n) is 3.58. The molecule has 1 aliphatic carbocycles. The molecule has 0 bridgehead atoms. The van der Waals surface area contributed by atoms with Crippen LogP contribution in [0.2, 0.25) is 0 Å². The van der Waals surface area contributed by atoms with Gasteiger partial charge in [0.25, 0.3) is 0 Å². The summed E-state index contributed by atoms with van der Waals surface area (Å²) in [5.74, 6) is 0.300. The second kappa shape index (κ2) is 8.05. The molecular formula is C22H21F3N4O2. The minimum absolute atomic E-state index is 0.0214. The number of para-hydroxylation sites is 2. The van der Waals surface area contributed by atoms with Crippen molar-refractivity contribution in [3.8, 4) is 0 Å². The highest BCUT2D eigenvalue weighted by molar-refractivity contribution is 5.97. The zero-order valence-corrected chi connectivity index (χ0v) is 16.7. The van der Waals surface area contributed by atoms with Crippen molar-refractivity contribution in [1.29, 1.82) is 0 Å². The number of imidazole rings is 1. The molecule has 3 N–H and O–H groups in total. The van der Waals surface area contributed by atoms with Crippen molar-refractivity contribution in [2.45, 2.75) is 37.9 Å². The Bertz CT molecular complexity index is 1090. The number of aromatic amines is 1. The van der Waals surface area contributed by atoms with Crippen LogP contribution in [0.15, 0.2) is 48.5 Å². The van der Waals surface area contributed by atoms with Crippen LogP contribution in [0.25, 0.3) is 11.0 Å². The third-order valence-corrected chi connectivity index (χ3v) is 5.36. The molecule has 3 aromatic rings. The van der Waals surface area contributed by atoms with E-state index < -0.39 is 23.7 Å². The van der Waals surface area contributed by atoms with Gasteiger partial charge in [0.2, 0.25) is 11.8 Å². The lowest BCUT2D eigenvalue weighted by atomic mass is 10.2. The highest BCUT2D eigenvalue weighted by atomic mass is 19.4. The molecule has 9 heteroatoms. The summed E-state index contributed by atoms with van der Waals surface area (Å²) in [6.07, 6.45) is -3.41. The molecule has 3 atom stereocenters. The number of alkyl halides is 3. The van der Waals surface area contributed by atoms with Crippen LogP contribution in [0.3, 0.4) is 0 Å². The second-order valence-corrected chi connectivity index (χ2v) is 7.80. The number of H-pyrrole nitrogens is 1. The van der Waals surface area contributed by atoms with Gasteiger partial charge in [0, 0.05) is 18.0 Å². The standard InChI is InChI=1S/C22H21F3N4O2/c1-12(21(31)27-15-6-4-5-14(11-15)22(23,24)25)26-19(30)10-13-9-16(13)20-28-17-7-2-3-8-18(17)29-20/h2-8,11-13,16H,9-10H2,1H3,(H,26,30)(H,27,31)(H,28,29)/t12-,13+,16+/m1/s1. The first-order valence-electron chi connectivity index (χ1n) is 9.93. The molecule has 31 heavy (non-hydrogen) atoms. The van der Waals surface area contributed by atoms with E-state index in [0.717, 1.165) is 35.4 Å². The summed E-state index contributed by atoms with van der Waals surface area (Å²) >= 11 is 0. The van der Waals surface area contributed by atoms with E-state index in [1.54, 1.807) is 0 Å². The fourth-order valence-corrected chi connectivity index (χ4v) is 3.58. The van der Waals surface area contributed by atoms with Crippen molar-refractivity contribution >= 4 is 28.5 Å². The molecule has 1 aliphatic rings. The molecule has 1 heterocycles. The van der Waals surface area contributed by atoms with Crippen LogP contribution in [0, 0.1) is 5.92 Å². The van der Waals surface area contributed by atoms with Crippen molar-refractivity contribution in [2.24, 2.45) is 5.92 Å². The quantitative estimate of drug-likeness (QED) is 0.547. The summed E-state index contributed by atoms with van der Waals surface area (Å²) in [7, 11) is 0. The van der Waals surface area contributed by atoms with E-state index in [4.69, 9.17) is 0 Å². The SMILES string of the molecule is C[C@@H](NC(=O)C[C@@H]1C[C@@H]1c1nc2ccccc2[nH]1)C(=O)Nc1cccc(C(F)(F)F)c1. The molecule has 2 amide bonds. The predicted octanol–water partition coefficient (Wildman–Crippen LogP) is 4.22. The zero-order chi connectivity index (χ0) is 22.2. The van der Waals surface area contributed by atoms with Crippen LogP contribution in [-0.2, 0) is 15.8 Å². The van der Waals surface area contributed by atoms with E-state index in [1.807, 2.05) is 24.3 Å². The highest BCUT2D eigenvalue weighted by Gasteiger charge is 2.42. The van der Waals surface area contributed by atoms with Gasteiger partial charge < -0.3 is 15.6 Å². The summed E-state index contributed by atoms with van der Waals surface area (Å²) in [6.45, 7) is 1.49. The number of aromatic nitrogens is 2. The van der Waals surface area contributed by atoms with Gasteiger partial charge in [0.05, 0.1) is 16.6 Å². The first-order valence-corrected chi connectivity index (χ1v) is 9.93. The van der Waals surface area contributed by atoms with E-state index >= 15 is 0 Å². The number of hydrogen-bond acceptors (Lipinski definition) is 3. The van der Waals surface area contributed by atoms with Gasteiger partial charge in [0.15, 0.2) is 0 Å². The summed E-state index contributed by atoms with van der Waals surface area (Å²) in [6, 6.07) is 11.2. The topological polar surface area (TPSA) is 86.9 Å². The monoisotopic (exact) mass is 430 g/mol. The molecule has 162 valence electrons. The Labute approximate surface area is 176 Å². The first-order chi connectivity index (χ1) is 14.7. The highest BCUT2D eigenvalue weighted by Crippen LogP contribution is 2.48. The Hall–Kier alpha value is -3.36. The van der Waals surface area contributed by atoms with Crippen molar-refractivity contribution < 1.29 is 22.8 Å². The minimum atomic E-state index is -4.50. The summed E-state index contributed by atoms with van der Waals surface area (Å²) in [5.41, 5.74) is 1.00. The molecule has 0 spiro atoms. The molecule has 0 aliphatic heterocycles. The van der Waals surface area contributed by atoms with Crippen LogP contribution in [-0.4, -0.2) is 27.8 Å². The van der Waals surface area contributed by atoms with Crippen LogP contribution in [0.5, 0.6) is 0 Å². The Balaban J connectivity index is 1.28. The van der Waals surface area contributed by atoms with Gasteiger partial charge >= 0.3 is 6.18 Å². The summed E-state index contributed by atoms with van der Waals surface area (Å²) in [5, 5.41) is 5.02. The largest absolute Gasteiger partial charge is 0.416 e. The molecule has 0 saturated heterocycles. The van der Waals surface area contributed by atoms with Gasteiger partial charge in [-0.3, -0.25) is 9.59 Å². The van der Waals surface area contributed by atoms with Gasteiger partial charge in [-0.2, -0.15) is 13.2 Å². The van der Waals surface area contributed by atoms with Crippen molar-refractivity contribution in [3.05, 3.63) is 59.9 Å². The Kier molecular flexibility index (Phi) is 5.43. The maximum atomic E-state index is 12.8. The minimum Gasteiger partial charge on any atom is -0.345 e. The molecule has 6 nitrogen and oxygen atoms in total. The molecule has 1 saturated carbocycles. The third kappa shape index (κ3) is 4.87. The fraction of sp³-hybridized carbons (Fsp3) is 0.318. The summed E-state index contributed by atoms with van der Waals surface area (Å²) in [4.78, 5) is 32.4. The Morgan fingerprint density at radius 2 is 1.97 bits per heavy atom. The van der Waals surface area contributed by atoms with Gasteiger partial charge in [-0.1, -0.05) is 18.2 Å². The number of carbonyl (C=O) groups excluding carboxylic acids is 2. The number of nitrogens with zero attached hydrogens (tertiary/aromatic N) is 1. The van der Waals surface area contributed by atoms with Gasteiger partial charge in [0.1, 0.15) is 11.9 Å². The molecule has 0 unspecified atom stereocenters. The number of carbonyl (C=O) groups is 2. The number of hydrogen-bond donors (Lipinski definition) is 3. The van der Waals surface area contributed by atoms with E-state index in [1.165, 1.54) is 19.1 Å². The Morgan fingerprint density at radius 3 is 2.71 bits per heavy atom. The maximum Gasteiger partial charge on any atom is 0.416 e. The smallest absolute Gasteiger partial charge is 0.345 e. The molecule has 1 fully saturated rings. The van der Waals surface area contributed by atoms with Gasteiger partial charge in [-0.25, -0.2) is 4.98 Å². The number of fused-ring (bicyclic) bond motifs is 1. The van der Waals surface area contributed by atoms with E-state index in [9.17, 15) is 22.8 Å². The maximum absolute atomic E-state index is 12.8. The number of nitrogens with one attached hydrogen (secondary N) is 3. The number of amides is 2. The first kappa shape index (κ1) is 20.9. The average molecular weight is 430 g/mol. The number of halogens is 3. The molecule has 0 radical (unpaired) electrons. The normalized spacial score (nSPS) is 19.1. The van der Waals surface area contributed by atoms with E-state index in [0.29, 0.717) is 0 Å². The predicted molar refractivity (Wildman–Crippen MR) is 109 cm³/mol. The molecule has 4 rings (SSSR count). The number of anilines is 1. The lowest BCUT2D eigenvalue weighted by Crippen LogP contribution is -2.41. The van der Waals surface area contributed by atoms with E-state index in [2.05, 4.69) is 20.6 Å². The number of benzene rings is 2. The van der Waals surface area contributed by atoms with Crippen molar-refractivity contribution in [2.75, 3.05) is 5.32 Å². The lowest BCUT2D eigenvalue weighted by molar-refractivity contribution is -0.137. The van der Waals surface area contributed by atoms with Crippen LogP contribution in [0.1, 0.15) is 37.1 Å². The second-order valence-electron chi connectivity index (χ2n) is 7.80. The van der Waals surface area contributed by atoms with Crippen LogP contribution in [0.4, 0.5) is 18.9 Å².